The van der Waals surface area contributed by atoms with E-state index in [1.165, 1.54) is 7.11 Å². The number of aromatic hydroxyl groups is 1. The SMILES string of the molecule is COc1cc(-c2cncc(NC(C)c3cccc(NC(=O)[C@H]4CCCN4)c3)n2)ccc1O. The van der Waals surface area contributed by atoms with Crippen molar-refractivity contribution in [2.24, 2.45) is 0 Å². The molecule has 1 aromatic heterocycles. The fraction of sp³-hybridized carbons (Fsp3) is 0.292. The number of methoxy groups -OCH3 is 1. The van der Waals surface area contributed by atoms with Gasteiger partial charge in [-0.1, -0.05) is 12.1 Å². The first-order valence-corrected chi connectivity index (χ1v) is 10.6. The summed E-state index contributed by atoms with van der Waals surface area (Å²) in [4.78, 5) is 21.3. The van der Waals surface area contributed by atoms with Crippen LogP contribution in [0.3, 0.4) is 0 Å². The van der Waals surface area contributed by atoms with Gasteiger partial charge in [-0.3, -0.25) is 9.78 Å². The second-order valence-electron chi connectivity index (χ2n) is 7.81. The van der Waals surface area contributed by atoms with Gasteiger partial charge in [0, 0.05) is 11.3 Å². The van der Waals surface area contributed by atoms with Crippen LogP contribution >= 0.6 is 0 Å². The third kappa shape index (κ3) is 4.97. The Labute approximate surface area is 187 Å². The van der Waals surface area contributed by atoms with Gasteiger partial charge >= 0.3 is 0 Å². The number of aromatic nitrogens is 2. The van der Waals surface area contributed by atoms with Crippen molar-refractivity contribution in [3.63, 3.8) is 0 Å². The van der Waals surface area contributed by atoms with E-state index in [1.807, 2.05) is 31.2 Å². The lowest BCUT2D eigenvalue weighted by Crippen LogP contribution is -2.35. The quantitative estimate of drug-likeness (QED) is 0.450. The smallest absolute Gasteiger partial charge is 0.241 e. The van der Waals surface area contributed by atoms with Gasteiger partial charge in [-0.25, -0.2) is 4.98 Å². The van der Waals surface area contributed by atoms with Gasteiger partial charge in [0.15, 0.2) is 11.5 Å². The Kier molecular flexibility index (Phi) is 6.51. The molecule has 3 aromatic rings. The number of phenols is 1. The summed E-state index contributed by atoms with van der Waals surface area (Å²) < 4.78 is 5.18. The van der Waals surface area contributed by atoms with E-state index in [-0.39, 0.29) is 23.7 Å². The Hall–Kier alpha value is -3.65. The highest BCUT2D eigenvalue weighted by Gasteiger charge is 2.22. The minimum absolute atomic E-state index is 0.00292. The lowest BCUT2D eigenvalue weighted by atomic mass is 10.1. The summed E-state index contributed by atoms with van der Waals surface area (Å²) in [5.74, 6) is 1.07. The van der Waals surface area contributed by atoms with Gasteiger partial charge in [-0.05, 0) is 62.2 Å². The second kappa shape index (κ2) is 9.65. The predicted molar refractivity (Wildman–Crippen MR) is 124 cm³/mol. The van der Waals surface area contributed by atoms with Gasteiger partial charge in [-0.2, -0.15) is 0 Å². The van der Waals surface area contributed by atoms with Crippen molar-refractivity contribution in [3.8, 4) is 22.8 Å². The van der Waals surface area contributed by atoms with Crippen LogP contribution in [0.2, 0.25) is 0 Å². The number of benzene rings is 2. The maximum atomic E-state index is 12.4. The topological polar surface area (TPSA) is 108 Å². The van der Waals surface area contributed by atoms with Gasteiger partial charge < -0.3 is 25.8 Å². The number of anilines is 2. The summed E-state index contributed by atoms with van der Waals surface area (Å²) in [6.45, 7) is 2.91. The minimum Gasteiger partial charge on any atom is -0.504 e. The van der Waals surface area contributed by atoms with Crippen molar-refractivity contribution in [1.82, 2.24) is 15.3 Å². The largest absolute Gasteiger partial charge is 0.504 e. The van der Waals surface area contributed by atoms with Gasteiger partial charge in [0.1, 0.15) is 5.82 Å². The van der Waals surface area contributed by atoms with Gasteiger partial charge in [0.05, 0.1) is 37.3 Å². The molecule has 8 nitrogen and oxygen atoms in total. The number of phenolic OH excluding ortho intramolecular Hbond substituents is 1. The lowest BCUT2D eigenvalue weighted by molar-refractivity contribution is -0.117. The summed E-state index contributed by atoms with van der Waals surface area (Å²) in [7, 11) is 1.50. The van der Waals surface area contributed by atoms with Crippen LogP contribution in [-0.4, -0.2) is 40.7 Å². The number of hydrogen-bond acceptors (Lipinski definition) is 7. The zero-order chi connectivity index (χ0) is 22.5. The van der Waals surface area contributed by atoms with Gasteiger partial charge in [0.2, 0.25) is 5.91 Å². The van der Waals surface area contributed by atoms with Crippen molar-refractivity contribution < 1.29 is 14.6 Å². The highest BCUT2D eigenvalue weighted by atomic mass is 16.5. The van der Waals surface area contributed by atoms with E-state index in [9.17, 15) is 9.90 Å². The average molecular weight is 434 g/mol. The van der Waals surface area contributed by atoms with Gasteiger partial charge in [-0.15, -0.1) is 0 Å². The summed E-state index contributed by atoms with van der Waals surface area (Å²) in [6.07, 6.45) is 5.21. The number of rotatable bonds is 7. The van der Waals surface area contributed by atoms with Crippen molar-refractivity contribution >= 4 is 17.4 Å². The fourth-order valence-corrected chi connectivity index (χ4v) is 3.74. The Balaban J connectivity index is 1.46. The first kappa shape index (κ1) is 21.6. The first-order chi connectivity index (χ1) is 15.5. The molecule has 0 spiro atoms. The van der Waals surface area contributed by atoms with Crippen LogP contribution in [0.4, 0.5) is 11.5 Å². The summed E-state index contributed by atoms with van der Waals surface area (Å²) in [6, 6.07) is 12.7. The molecule has 2 atom stereocenters. The monoisotopic (exact) mass is 433 g/mol. The number of amides is 1. The Morgan fingerprint density at radius 1 is 1.25 bits per heavy atom. The standard InChI is InChI=1S/C24H27N5O3/c1-15(16-5-3-6-18(11-16)28-24(31)19-7-4-10-26-19)27-23-14-25-13-20(29-23)17-8-9-21(30)22(12-17)32-2/h3,5-6,8-9,11-15,19,26,30H,4,7,10H2,1-2H3,(H,27,29)(H,28,31)/t15?,19-/m1/s1. The van der Waals surface area contributed by atoms with Crippen LogP contribution in [0.1, 0.15) is 31.4 Å². The van der Waals surface area contributed by atoms with Crippen LogP contribution in [0, 0.1) is 0 Å². The molecule has 8 heteroatoms. The Morgan fingerprint density at radius 2 is 2.12 bits per heavy atom. The Bertz CT molecular complexity index is 1100. The molecule has 4 rings (SSSR count). The predicted octanol–water partition coefficient (Wildman–Crippen LogP) is 3.72. The molecule has 166 valence electrons. The van der Waals surface area contributed by atoms with E-state index in [4.69, 9.17) is 4.74 Å². The van der Waals surface area contributed by atoms with E-state index in [2.05, 4.69) is 25.9 Å². The van der Waals surface area contributed by atoms with Crippen LogP contribution in [0.25, 0.3) is 11.3 Å². The zero-order valence-electron chi connectivity index (χ0n) is 18.1. The molecule has 0 saturated carbocycles. The van der Waals surface area contributed by atoms with E-state index >= 15 is 0 Å². The maximum Gasteiger partial charge on any atom is 0.241 e. The molecule has 1 unspecified atom stereocenters. The molecular formula is C24H27N5O3. The van der Waals surface area contributed by atoms with E-state index < -0.39 is 0 Å². The maximum absolute atomic E-state index is 12.4. The molecule has 1 amide bonds. The van der Waals surface area contributed by atoms with E-state index in [1.54, 1.807) is 30.6 Å². The third-order valence-electron chi connectivity index (χ3n) is 5.51. The zero-order valence-corrected chi connectivity index (χ0v) is 18.1. The van der Waals surface area contributed by atoms with Crippen LogP contribution in [-0.2, 0) is 4.79 Å². The van der Waals surface area contributed by atoms with Crippen molar-refractivity contribution in [2.45, 2.75) is 31.8 Å². The summed E-state index contributed by atoms with van der Waals surface area (Å²) in [5.41, 5.74) is 3.23. The third-order valence-corrected chi connectivity index (χ3v) is 5.51. The van der Waals surface area contributed by atoms with Crippen molar-refractivity contribution in [2.75, 3.05) is 24.3 Å². The fourth-order valence-electron chi connectivity index (χ4n) is 3.74. The first-order valence-electron chi connectivity index (χ1n) is 10.6. The number of nitrogens with one attached hydrogen (secondary N) is 3. The minimum atomic E-state index is -0.120. The van der Waals surface area contributed by atoms with Crippen LogP contribution < -0.4 is 20.7 Å². The summed E-state index contributed by atoms with van der Waals surface area (Å²) in [5, 5.41) is 19.4. The molecule has 32 heavy (non-hydrogen) atoms. The molecule has 0 bridgehead atoms. The summed E-state index contributed by atoms with van der Waals surface area (Å²) >= 11 is 0. The molecule has 2 aromatic carbocycles. The van der Waals surface area contributed by atoms with Crippen molar-refractivity contribution in [1.29, 1.82) is 0 Å². The molecule has 1 fully saturated rings. The lowest BCUT2D eigenvalue weighted by Gasteiger charge is -2.17. The molecular weight excluding hydrogens is 406 g/mol. The van der Waals surface area contributed by atoms with Gasteiger partial charge in [0.25, 0.3) is 0 Å². The van der Waals surface area contributed by atoms with E-state index in [0.717, 1.165) is 36.2 Å². The highest BCUT2D eigenvalue weighted by Crippen LogP contribution is 2.31. The molecule has 4 N–H and O–H groups in total. The molecule has 1 saturated heterocycles. The number of ether oxygens (including phenoxy) is 1. The average Bonchev–Trinajstić information content (AvgIpc) is 3.35. The molecule has 1 aliphatic rings. The molecule has 1 aliphatic heterocycles. The number of carbonyl (C=O) groups excluding carboxylic acids is 1. The Morgan fingerprint density at radius 3 is 2.91 bits per heavy atom. The number of nitrogens with zero attached hydrogens (tertiary/aromatic N) is 2. The van der Waals surface area contributed by atoms with Crippen LogP contribution in [0.15, 0.2) is 54.9 Å². The normalized spacial score (nSPS) is 16.4. The highest BCUT2D eigenvalue weighted by molar-refractivity contribution is 5.95. The molecule has 2 heterocycles. The number of hydrogen-bond donors (Lipinski definition) is 4. The molecule has 0 aliphatic carbocycles. The van der Waals surface area contributed by atoms with Crippen molar-refractivity contribution in [3.05, 3.63) is 60.4 Å². The molecule has 0 radical (unpaired) electrons. The van der Waals surface area contributed by atoms with E-state index in [0.29, 0.717) is 17.3 Å². The second-order valence-corrected chi connectivity index (χ2v) is 7.81. The van der Waals surface area contributed by atoms with Crippen LogP contribution in [0.5, 0.6) is 11.5 Å². The number of carbonyl (C=O) groups is 1.